The lowest BCUT2D eigenvalue weighted by Gasteiger charge is -2.09. The molecule has 0 amide bonds. The summed E-state index contributed by atoms with van der Waals surface area (Å²) in [6.07, 6.45) is 3.09. The predicted molar refractivity (Wildman–Crippen MR) is 66.0 cm³/mol. The molecule has 1 aromatic rings. The Morgan fingerprint density at radius 1 is 1.50 bits per heavy atom. The Morgan fingerprint density at radius 2 is 2.19 bits per heavy atom. The highest BCUT2D eigenvalue weighted by Crippen LogP contribution is 2.36. The van der Waals surface area contributed by atoms with E-state index in [1.807, 2.05) is 11.6 Å². The Morgan fingerprint density at radius 3 is 2.62 bits per heavy atom. The van der Waals surface area contributed by atoms with Gasteiger partial charge in [-0.25, -0.2) is 0 Å². The molecule has 3 N–H and O–H groups in total. The number of halogens is 2. The normalized spacial score (nSPS) is 28.3. The van der Waals surface area contributed by atoms with Gasteiger partial charge in [0.05, 0.1) is 6.10 Å². The number of aliphatic hydroxyl groups is 1. The first-order valence-corrected chi connectivity index (χ1v) is 4.94. The molecular formula is C9H18Cl2N4O. The summed E-state index contributed by atoms with van der Waals surface area (Å²) in [7, 11) is 1.93. The van der Waals surface area contributed by atoms with E-state index in [1.54, 1.807) is 6.33 Å². The number of nitrogens with two attached hydrogens (primary N) is 1. The Bertz CT molecular complexity index is 320. The van der Waals surface area contributed by atoms with Gasteiger partial charge < -0.3 is 15.4 Å². The van der Waals surface area contributed by atoms with E-state index in [4.69, 9.17) is 5.73 Å². The lowest BCUT2D eigenvalue weighted by atomic mass is 10.0. The molecule has 0 radical (unpaired) electrons. The van der Waals surface area contributed by atoms with Crippen LogP contribution in [0, 0.1) is 5.92 Å². The highest BCUT2D eigenvalue weighted by atomic mass is 35.5. The minimum Gasteiger partial charge on any atom is -0.393 e. The van der Waals surface area contributed by atoms with E-state index >= 15 is 0 Å². The molecule has 1 heterocycles. The molecule has 1 fully saturated rings. The largest absolute Gasteiger partial charge is 0.393 e. The fourth-order valence-electron chi connectivity index (χ4n) is 2.23. The monoisotopic (exact) mass is 268 g/mol. The summed E-state index contributed by atoms with van der Waals surface area (Å²) in [5.41, 5.74) is 5.58. The van der Waals surface area contributed by atoms with Crippen molar-refractivity contribution in [1.82, 2.24) is 14.8 Å². The third-order valence-electron chi connectivity index (χ3n) is 3.07. The molecule has 7 heteroatoms. The maximum Gasteiger partial charge on any atom is 0.135 e. The molecule has 3 unspecified atom stereocenters. The average molecular weight is 269 g/mol. The fraction of sp³-hybridized carbons (Fsp3) is 0.778. The number of aryl methyl sites for hydroxylation is 1. The van der Waals surface area contributed by atoms with Crippen molar-refractivity contribution < 1.29 is 5.11 Å². The molecule has 94 valence electrons. The van der Waals surface area contributed by atoms with Crippen LogP contribution in [-0.4, -0.2) is 32.5 Å². The molecule has 0 aromatic carbocycles. The van der Waals surface area contributed by atoms with Crippen molar-refractivity contribution in [3.05, 3.63) is 12.2 Å². The van der Waals surface area contributed by atoms with Gasteiger partial charge in [0.2, 0.25) is 0 Å². The molecule has 0 spiro atoms. The van der Waals surface area contributed by atoms with Crippen LogP contribution < -0.4 is 5.73 Å². The molecule has 0 saturated heterocycles. The van der Waals surface area contributed by atoms with Gasteiger partial charge in [-0.05, 0) is 25.3 Å². The van der Waals surface area contributed by atoms with Crippen LogP contribution in [0.4, 0.5) is 0 Å². The summed E-state index contributed by atoms with van der Waals surface area (Å²) in [6, 6.07) is 0. The zero-order valence-corrected chi connectivity index (χ0v) is 10.7. The van der Waals surface area contributed by atoms with Gasteiger partial charge in [0.15, 0.2) is 0 Å². The molecule has 2 rings (SSSR count). The lowest BCUT2D eigenvalue weighted by molar-refractivity contribution is 0.136. The smallest absolute Gasteiger partial charge is 0.135 e. The van der Waals surface area contributed by atoms with Crippen molar-refractivity contribution in [2.45, 2.75) is 24.9 Å². The van der Waals surface area contributed by atoms with E-state index in [0.717, 1.165) is 18.7 Å². The summed E-state index contributed by atoms with van der Waals surface area (Å²) in [5.74, 6) is 1.49. The van der Waals surface area contributed by atoms with E-state index < -0.39 is 0 Å². The van der Waals surface area contributed by atoms with Crippen LogP contribution in [0.15, 0.2) is 6.33 Å². The predicted octanol–water partition coefficient (Wildman–Crippen LogP) is 0.472. The number of hydrogen-bond acceptors (Lipinski definition) is 4. The van der Waals surface area contributed by atoms with E-state index in [0.29, 0.717) is 12.5 Å². The number of hydrogen-bond donors (Lipinski definition) is 2. The zero-order chi connectivity index (χ0) is 10.1. The molecule has 1 aliphatic carbocycles. The van der Waals surface area contributed by atoms with Gasteiger partial charge in [0.25, 0.3) is 0 Å². The zero-order valence-electron chi connectivity index (χ0n) is 9.11. The Balaban J connectivity index is 0.00000112. The van der Waals surface area contributed by atoms with Crippen LogP contribution in [0.2, 0.25) is 0 Å². The highest BCUT2D eigenvalue weighted by molar-refractivity contribution is 5.85. The summed E-state index contributed by atoms with van der Waals surface area (Å²) in [6.45, 7) is 0.551. The second kappa shape index (κ2) is 6.39. The number of aromatic nitrogens is 3. The molecule has 1 aliphatic rings. The summed E-state index contributed by atoms with van der Waals surface area (Å²) >= 11 is 0. The van der Waals surface area contributed by atoms with Crippen molar-refractivity contribution in [1.29, 1.82) is 0 Å². The quantitative estimate of drug-likeness (QED) is 0.818. The third kappa shape index (κ3) is 2.85. The maximum atomic E-state index is 9.71. The van der Waals surface area contributed by atoms with Gasteiger partial charge in [-0.3, -0.25) is 0 Å². The second-order valence-electron chi connectivity index (χ2n) is 4.03. The van der Waals surface area contributed by atoms with Crippen LogP contribution in [0.3, 0.4) is 0 Å². The van der Waals surface area contributed by atoms with Crippen LogP contribution in [0.1, 0.15) is 24.6 Å². The summed E-state index contributed by atoms with van der Waals surface area (Å²) in [5, 5.41) is 17.6. The third-order valence-corrected chi connectivity index (χ3v) is 3.07. The number of rotatable bonds is 2. The minimum absolute atomic E-state index is 0. The first-order chi connectivity index (χ1) is 6.72. The van der Waals surface area contributed by atoms with Crippen LogP contribution in [0.25, 0.3) is 0 Å². The number of aliphatic hydroxyl groups excluding tert-OH is 1. The van der Waals surface area contributed by atoms with Crippen molar-refractivity contribution >= 4 is 24.8 Å². The molecule has 0 aliphatic heterocycles. The van der Waals surface area contributed by atoms with Crippen LogP contribution >= 0.6 is 24.8 Å². The first kappa shape index (κ1) is 15.6. The standard InChI is InChI=1S/C9H16N4O.2ClH/c1-13-5-11-12-9(13)6-2-7(4-10)8(14)3-6;;/h5-8,14H,2-4,10H2,1H3;2*1H. The summed E-state index contributed by atoms with van der Waals surface area (Å²) in [4.78, 5) is 0. The van der Waals surface area contributed by atoms with E-state index in [9.17, 15) is 5.11 Å². The van der Waals surface area contributed by atoms with E-state index in [1.165, 1.54) is 0 Å². The van der Waals surface area contributed by atoms with Crippen LogP contribution in [-0.2, 0) is 7.05 Å². The van der Waals surface area contributed by atoms with Gasteiger partial charge in [-0.1, -0.05) is 0 Å². The van der Waals surface area contributed by atoms with Crippen molar-refractivity contribution in [3.63, 3.8) is 0 Å². The molecule has 3 atom stereocenters. The first-order valence-electron chi connectivity index (χ1n) is 4.94. The molecular weight excluding hydrogens is 251 g/mol. The van der Waals surface area contributed by atoms with Crippen molar-refractivity contribution in [3.8, 4) is 0 Å². The van der Waals surface area contributed by atoms with E-state index in [2.05, 4.69) is 10.2 Å². The fourth-order valence-corrected chi connectivity index (χ4v) is 2.23. The summed E-state index contributed by atoms with van der Waals surface area (Å²) < 4.78 is 1.91. The Kier molecular flexibility index (Phi) is 6.25. The molecule has 16 heavy (non-hydrogen) atoms. The average Bonchev–Trinajstić information content (AvgIpc) is 2.71. The molecule has 1 saturated carbocycles. The molecule has 5 nitrogen and oxygen atoms in total. The minimum atomic E-state index is -0.276. The maximum absolute atomic E-state index is 9.71. The Hall–Kier alpha value is -0.360. The number of nitrogens with zero attached hydrogens (tertiary/aromatic N) is 3. The van der Waals surface area contributed by atoms with Gasteiger partial charge in [0.1, 0.15) is 12.2 Å². The molecule has 0 bridgehead atoms. The topological polar surface area (TPSA) is 77.0 Å². The van der Waals surface area contributed by atoms with Gasteiger partial charge in [-0.15, -0.1) is 35.0 Å². The van der Waals surface area contributed by atoms with E-state index in [-0.39, 0.29) is 36.8 Å². The second-order valence-corrected chi connectivity index (χ2v) is 4.03. The molecule has 1 aromatic heterocycles. The van der Waals surface area contributed by atoms with Gasteiger partial charge in [0, 0.05) is 13.0 Å². The van der Waals surface area contributed by atoms with Gasteiger partial charge in [-0.2, -0.15) is 0 Å². The van der Waals surface area contributed by atoms with Gasteiger partial charge >= 0.3 is 0 Å². The lowest BCUT2D eigenvalue weighted by Crippen LogP contribution is -2.21. The Labute approximate surface area is 107 Å². The van der Waals surface area contributed by atoms with Crippen molar-refractivity contribution in [2.24, 2.45) is 18.7 Å². The highest BCUT2D eigenvalue weighted by Gasteiger charge is 2.34. The van der Waals surface area contributed by atoms with Crippen molar-refractivity contribution in [2.75, 3.05) is 6.54 Å². The SMILES string of the molecule is Cl.Cl.Cn1cnnc1C1CC(O)C(CN)C1. The van der Waals surface area contributed by atoms with Crippen LogP contribution in [0.5, 0.6) is 0 Å².